The molecule has 29 heavy (non-hydrogen) atoms. The van der Waals surface area contributed by atoms with E-state index >= 15 is 0 Å². The molecule has 1 N–H and O–H groups in total. The summed E-state index contributed by atoms with van der Waals surface area (Å²) in [5.74, 6) is -0.257. The number of anilines is 1. The molecule has 4 rings (SSSR count). The van der Waals surface area contributed by atoms with Gasteiger partial charge < -0.3 is 0 Å². The van der Waals surface area contributed by atoms with Crippen LogP contribution in [0.1, 0.15) is 11.1 Å². The quantitative estimate of drug-likeness (QED) is 0.516. The SMILES string of the molecule is O=S(=O)(Nc1ccc(CCc2ccc(F)cc2)c2cccnc12)c1ccccn1. The molecule has 0 fully saturated rings. The zero-order valence-corrected chi connectivity index (χ0v) is 16.2. The standard InChI is InChI=1S/C22H18FN3O2S/c23-18-11-7-16(8-12-18)6-9-17-10-13-20(22-19(17)4-3-15-25-22)26-29(27,28)21-5-1-2-14-24-21/h1-5,7-8,10-15,26H,6,9H2. The van der Waals surface area contributed by atoms with Gasteiger partial charge >= 0.3 is 0 Å². The molecule has 2 heterocycles. The van der Waals surface area contributed by atoms with Gasteiger partial charge in [0.25, 0.3) is 10.0 Å². The van der Waals surface area contributed by atoms with Crippen LogP contribution in [0.25, 0.3) is 10.9 Å². The second-order valence-electron chi connectivity index (χ2n) is 6.57. The zero-order chi connectivity index (χ0) is 20.3. The fraction of sp³-hybridized carbons (Fsp3) is 0.0909. The Labute approximate surface area is 168 Å². The van der Waals surface area contributed by atoms with Gasteiger partial charge in [-0.25, -0.2) is 9.37 Å². The Morgan fingerprint density at radius 2 is 1.62 bits per heavy atom. The molecule has 0 radical (unpaired) electrons. The van der Waals surface area contributed by atoms with E-state index in [9.17, 15) is 12.8 Å². The number of pyridine rings is 2. The molecule has 0 saturated heterocycles. The van der Waals surface area contributed by atoms with Gasteiger partial charge in [-0.1, -0.05) is 30.3 Å². The highest BCUT2D eigenvalue weighted by molar-refractivity contribution is 7.92. The summed E-state index contributed by atoms with van der Waals surface area (Å²) in [7, 11) is -3.81. The van der Waals surface area contributed by atoms with E-state index in [-0.39, 0.29) is 10.8 Å². The normalized spacial score (nSPS) is 11.5. The number of aryl methyl sites for hydroxylation is 2. The van der Waals surface area contributed by atoms with Crippen LogP contribution in [0.4, 0.5) is 10.1 Å². The van der Waals surface area contributed by atoms with Crippen LogP contribution in [0.3, 0.4) is 0 Å². The van der Waals surface area contributed by atoms with Gasteiger partial charge in [-0.05, 0) is 60.4 Å². The van der Waals surface area contributed by atoms with E-state index in [1.165, 1.54) is 24.4 Å². The van der Waals surface area contributed by atoms with Gasteiger partial charge in [-0.2, -0.15) is 8.42 Å². The van der Waals surface area contributed by atoms with E-state index in [2.05, 4.69) is 14.7 Å². The van der Waals surface area contributed by atoms with Gasteiger partial charge in [0.1, 0.15) is 5.82 Å². The van der Waals surface area contributed by atoms with E-state index < -0.39 is 10.0 Å². The number of nitrogens with zero attached hydrogens (tertiary/aromatic N) is 2. The molecule has 0 atom stereocenters. The summed E-state index contributed by atoms with van der Waals surface area (Å²) in [6.45, 7) is 0. The van der Waals surface area contributed by atoms with Gasteiger partial charge in [0.2, 0.25) is 0 Å². The third kappa shape index (κ3) is 4.25. The van der Waals surface area contributed by atoms with Crippen LogP contribution in [0.15, 0.2) is 84.1 Å². The van der Waals surface area contributed by atoms with Crippen LogP contribution in [-0.4, -0.2) is 18.4 Å². The molecule has 2 aromatic carbocycles. The van der Waals surface area contributed by atoms with E-state index in [1.54, 1.807) is 36.5 Å². The average molecular weight is 407 g/mol. The van der Waals surface area contributed by atoms with E-state index in [0.29, 0.717) is 11.2 Å². The van der Waals surface area contributed by atoms with Crippen molar-refractivity contribution in [1.29, 1.82) is 0 Å². The van der Waals surface area contributed by atoms with Crippen LogP contribution >= 0.6 is 0 Å². The number of aromatic nitrogens is 2. The predicted molar refractivity (Wildman–Crippen MR) is 111 cm³/mol. The van der Waals surface area contributed by atoms with Crippen LogP contribution in [-0.2, 0) is 22.9 Å². The van der Waals surface area contributed by atoms with Crippen LogP contribution < -0.4 is 4.72 Å². The number of halogens is 1. The van der Waals surface area contributed by atoms with Crippen molar-refractivity contribution in [3.05, 3.63) is 96.1 Å². The Kier molecular flexibility index (Phi) is 5.22. The topological polar surface area (TPSA) is 72.0 Å². The maximum atomic E-state index is 13.1. The summed E-state index contributed by atoms with van der Waals surface area (Å²) in [5, 5.41) is 0.820. The Hall–Kier alpha value is -3.32. The number of hydrogen-bond acceptors (Lipinski definition) is 4. The first kappa shape index (κ1) is 19.0. The van der Waals surface area contributed by atoms with E-state index in [4.69, 9.17) is 0 Å². The van der Waals surface area contributed by atoms with Gasteiger partial charge in [0.05, 0.1) is 11.2 Å². The van der Waals surface area contributed by atoms with Crippen molar-refractivity contribution in [3.8, 4) is 0 Å². The lowest BCUT2D eigenvalue weighted by Crippen LogP contribution is -2.15. The first-order chi connectivity index (χ1) is 14.0. The minimum atomic E-state index is -3.81. The Morgan fingerprint density at radius 1 is 0.828 bits per heavy atom. The molecule has 4 aromatic rings. The Balaban J connectivity index is 1.64. The number of sulfonamides is 1. The molecular formula is C22H18FN3O2S. The Morgan fingerprint density at radius 3 is 2.38 bits per heavy atom. The molecular weight excluding hydrogens is 389 g/mol. The summed E-state index contributed by atoms with van der Waals surface area (Å²) in [6, 6.07) is 18.5. The van der Waals surface area contributed by atoms with Crippen molar-refractivity contribution >= 4 is 26.6 Å². The zero-order valence-electron chi connectivity index (χ0n) is 15.4. The second-order valence-corrected chi connectivity index (χ2v) is 8.20. The fourth-order valence-corrected chi connectivity index (χ4v) is 4.18. The summed E-state index contributed by atoms with van der Waals surface area (Å²) < 4.78 is 41.0. The molecule has 0 spiro atoms. The number of rotatable bonds is 6. The first-order valence-electron chi connectivity index (χ1n) is 9.08. The maximum absolute atomic E-state index is 13.1. The van der Waals surface area contributed by atoms with Gasteiger partial charge in [0.15, 0.2) is 5.03 Å². The van der Waals surface area contributed by atoms with Crippen LogP contribution in [0.2, 0.25) is 0 Å². The number of benzene rings is 2. The maximum Gasteiger partial charge on any atom is 0.279 e. The lowest BCUT2D eigenvalue weighted by molar-refractivity contribution is 0.597. The lowest BCUT2D eigenvalue weighted by Gasteiger charge is -2.12. The first-order valence-corrected chi connectivity index (χ1v) is 10.6. The second kappa shape index (κ2) is 7.97. The predicted octanol–water partition coefficient (Wildman–Crippen LogP) is 4.35. The van der Waals surface area contributed by atoms with Crippen molar-refractivity contribution < 1.29 is 12.8 Å². The van der Waals surface area contributed by atoms with Gasteiger partial charge in [0, 0.05) is 17.8 Å². The van der Waals surface area contributed by atoms with Crippen molar-refractivity contribution in [2.45, 2.75) is 17.9 Å². The number of fused-ring (bicyclic) bond motifs is 1. The van der Waals surface area contributed by atoms with Crippen molar-refractivity contribution in [2.75, 3.05) is 4.72 Å². The molecule has 0 aliphatic heterocycles. The molecule has 0 bridgehead atoms. The molecule has 5 nitrogen and oxygen atoms in total. The van der Waals surface area contributed by atoms with Gasteiger partial charge in [-0.3, -0.25) is 9.71 Å². The van der Waals surface area contributed by atoms with Crippen molar-refractivity contribution in [2.24, 2.45) is 0 Å². The van der Waals surface area contributed by atoms with E-state index in [0.717, 1.165) is 29.4 Å². The summed E-state index contributed by atoms with van der Waals surface area (Å²) in [4.78, 5) is 8.31. The lowest BCUT2D eigenvalue weighted by atomic mass is 10.00. The molecule has 0 amide bonds. The fourth-order valence-electron chi connectivity index (χ4n) is 3.17. The molecule has 0 saturated carbocycles. The van der Waals surface area contributed by atoms with Crippen molar-refractivity contribution in [1.82, 2.24) is 9.97 Å². The third-order valence-electron chi connectivity index (χ3n) is 4.61. The summed E-state index contributed by atoms with van der Waals surface area (Å²) in [5.41, 5.74) is 3.04. The summed E-state index contributed by atoms with van der Waals surface area (Å²) in [6.07, 6.45) is 4.53. The van der Waals surface area contributed by atoms with Crippen LogP contribution in [0, 0.1) is 5.82 Å². The minimum absolute atomic E-state index is 0.0514. The molecule has 7 heteroatoms. The highest BCUT2D eigenvalue weighted by atomic mass is 32.2. The van der Waals surface area contributed by atoms with Gasteiger partial charge in [-0.15, -0.1) is 0 Å². The smallest absolute Gasteiger partial charge is 0.276 e. The molecule has 146 valence electrons. The number of hydrogen-bond donors (Lipinski definition) is 1. The minimum Gasteiger partial charge on any atom is -0.276 e. The molecule has 0 aliphatic rings. The van der Waals surface area contributed by atoms with E-state index in [1.807, 2.05) is 18.2 Å². The molecule has 2 aromatic heterocycles. The largest absolute Gasteiger partial charge is 0.279 e. The third-order valence-corrected chi connectivity index (χ3v) is 5.89. The van der Waals surface area contributed by atoms with Crippen LogP contribution in [0.5, 0.6) is 0 Å². The highest BCUT2D eigenvalue weighted by Crippen LogP contribution is 2.27. The van der Waals surface area contributed by atoms with Crippen molar-refractivity contribution in [3.63, 3.8) is 0 Å². The monoisotopic (exact) mass is 407 g/mol. The molecule has 0 unspecified atom stereocenters. The number of nitrogens with one attached hydrogen (secondary N) is 1. The summed E-state index contributed by atoms with van der Waals surface area (Å²) >= 11 is 0. The molecule has 0 aliphatic carbocycles. The average Bonchev–Trinajstić information content (AvgIpc) is 2.75. The Bertz CT molecular complexity index is 1240. The highest BCUT2D eigenvalue weighted by Gasteiger charge is 2.17.